The van der Waals surface area contributed by atoms with Crippen LogP contribution in [0.15, 0.2) is 76.6 Å². The molecule has 9 nitrogen and oxygen atoms in total. The van der Waals surface area contributed by atoms with E-state index in [1.54, 1.807) is 61.5 Å². The molecule has 1 aliphatic rings. The Morgan fingerprint density at radius 1 is 1.12 bits per heavy atom. The summed E-state index contributed by atoms with van der Waals surface area (Å²) in [6.07, 6.45) is 1.06. The van der Waals surface area contributed by atoms with Crippen molar-refractivity contribution >= 4 is 23.7 Å². The van der Waals surface area contributed by atoms with E-state index in [1.807, 2.05) is 0 Å². The Balaban J connectivity index is 1.78. The Kier molecular flexibility index (Phi) is 5.95. The zero-order chi connectivity index (χ0) is 23.5. The standard InChI is InChI=1S/C24H20N2O7/c1-3-32-23(30)17-13-33-24(25-17)26-19(14-7-5-4-6-8-14)18(21(28)22(26)29)20(27)15-9-11-16(31-2)12-10-15/h4-13,19,28H,3H2,1-2H3. The molecule has 1 unspecified atom stereocenters. The molecule has 0 aliphatic carbocycles. The average Bonchev–Trinajstić information content (AvgIpc) is 3.43. The van der Waals surface area contributed by atoms with Gasteiger partial charge in [0.05, 0.1) is 25.3 Å². The number of rotatable bonds is 7. The van der Waals surface area contributed by atoms with Crippen molar-refractivity contribution in [1.29, 1.82) is 0 Å². The van der Waals surface area contributed by atoms with Crippen LogP contribution < -0.4 is 9.64 Å². The van der Waals surface area contributed by atoms with Crippen LogP contribution in [0.2, 0.25) is 0 Å². The molecule has 33 heavy (non-hydrogen) atoms. The number of oxazole rings is 1. The number of nitrogens with zero attached hydrogens (tertiary/aromatic N) is 2. The summed E-state index contributed by atoms with van der Waals surface area (Å²) in [7, 11) is 1.51. The van der Waals surface area contributed by atoms with Gasteiger partial charge >= 0.3 is 12.0 Å². The van der Waals surface area contributed by atoms with Crippen molar-refractivity contribution in [3.05, 3.63) is 89.0 Å². The van der Waals surface area contributed by atoms with Crippen LogP contribution in [0.1, 0.15) is 39.4 Å². The number of amides is 1. The third-order valence-electron chi connectivity index (χ3n) is 5.10. The zero-order valence-electron chi connectivity index (χ0n) is 17.8. The van der Waals surface area contributed by atoms with Crippen LogP contribution in [0, 0.1) is 0 Å². The van der Waals surface area contributed by atoms with Gasteiger partial charge in [0.1, 0.15) is 12.0 Å². The molecule has 0 saturated carbocycles. The van der Waals surface area contributed by atoms with Gasteiger partial charge in [-0.15, -0.1) is 0 Å². The number of ketones is 1. The largest absolute Gasteiger partial charge is 0.503 e. The smallest absolute Gasteiger partial charge is 0.360 e. The van der Waals surface area contributed by atoms with Crippen molar-refractivity contribution in [2.45, 2.75) is 13.0 Å². The summed E-state index contributed by atoms with van der Waals surface area (Å²) in [5.74, 6) is -2.31. The highest BCUT2D eigenvalue weighted by Gasteiger charge is 2.46. The van der Waals surface area contributed by atoms with E-state index in [0.29, 0.717) is 11.3 Å². The number of anilines is 1. The fourth-order valence-corrected chi connectivity index (χ4v) is 3.56. The van der Waals surface area contributed by atoms with Crippen LogP contribution in [0.25, 0.3) is 0 Å². The SMILES string of the molecule is CCOC(=O)c1coc(N2C(=O)C(O)=C(C(=O)c3ccc(OC)cc3)C2c2ccccc2)n1. The van der Waals surface area contributed by atoms with Crippen molar-refractivity contribution in [2.75, 3.05) is 18.6 Å². The molecule has 1 aliphatic heterocycles. The van der Waals surface area contributed by atoms with Gasteiger partial charge < -0.3 is 19.0 Å². The van der Waals surface area contributed by atoms with Crippen LogP contribution >= 0.6 is 0 Å². The van der Waals surface area contributed by atoms with Gasteiger partial charge in [-0.2, -0.15) is 4.98 Å². The maximum Gasteiger partial charge on any atom is 0.360 e. The van der Waals surface area contributed by atoms with Crippen molar-refractivity contribution in [1.82, 2.24) is 4.98 Å². The predicted octanol–water partition coefficient (Wildman–Crippen LogP) is 3.64. The Morgan fingerprint density at radius 2 is 1.82 bits per heavy atom. The molecule has 0 fully saturated rings. The second-order valence-corrected chi connectivity index (χ2v) is 7.04. The highest BCUT2D eigenvalue weighted by Crippen LogP contribution is 2.41. The first-order valence-electron chi connectivity index (χ1n) is 10.1. The lowest BCUT2D eigenvalue weighted by Gasteiger charge is -2.23. The minimum atomic E-state index is -1.03. The number of aromatic nitrogens is 1. The van der Waals surface area contributed by atoms with E-state index in [4.69, 9.17) is 13.9 Å². The number of carbonyl (C=O) groups is 3. The molecule has 2 heterocycles. The maximum absolute atomic E-state index is 13.4. The summed E-state index contributed by atoms with van der Waals surface area (Å²) in [5, 5.41) is 10.7. The van der Waals surface area contributed by atoms with Crippen molar-refractivity contribution < 1.29 is 33.4 Å². The van der Waals surface area contributed by atoms with Crippen LogP contribution in [0.5, 0.6) is 5.75 Å². The topological polar surface area (TPSA) is 119 Å². The molecule has 1 N–H and O–H groups in total. The molecule has 9 heteroatoms. The second kappa shape index (κ2) is 8.99. The maximum atomic E-state index is 13.4. The fourth-order valence-electron chi connectivity index (χ4n) is 3.56. The third-order valence-corrected chi connectivity index (χ3v) is 5.10. The summed E-state index contributed by atoms with van der Waals surface area (Å²) in [6, 6.07) is 13.7. The Labute approximate surface area is 188 Å². The van der Waals surface area contributed by atoms with Gasteiger partial charge in [-0.3, -0.25) is 9.59 Å². The molecule has 3 aromatic rings. The number of Topliss-reactive ketones (excluding diaryl/α,β-unsaturated/α-hetero) is 1. The Hall–Kier alpha value is -4.40. The number of methoxy groups -OCH3 is 1. The Bertz CT molecular complexity index is 1230. The monoisotopic (exact) mass is 448 g/mol. The quantitative estimate of drug-likeness (QED) is 0.430. The summed E-state index contributed by atoms with van der Waals surface area (Å²) < 4.78 is 15.4. The molecule has 168 valence electrons. The zero-order valence-corrected chi connectivity index (χ0v) is 17.8. The minimum Gasteiger partial charge on any atom is -0.503 e. The molecule has 1 aromatic heterocycles. The molecular weight excluding hydrogens is 428 g/mol. The second-order valence-electron chi connectivity index (χ2n) is 7.04. The van der Waals surface area contributed by atoms with E-state index in [1.165, 1.54) is 7.11 Å². The molecular formula is C24H20N2O7. The fraction of sp³-hybridized carbons (Fsp3) is 0.167. The van der Waals surface area contributed by atoms with Crippen molar-refractivity contribution in [3.63, 3.8) is 0 Å². The number of carbonyl (C=O) groups excluding carboxylic acids is 3. The van der Waals surface area contributed by atoms with Gasteiger partial charge in [0.2, 0.25) is 0 Å². The van der Waals surface area contributed by atoms with Gasteiger partial charge in [0, 0.05) is 5.56 Å². The first-order chi connectivity index (χ1) is 16.0. The number of hydrogen-bond donors (Lipinski definition) is 1. The molecule has 2 aromatic carbocycles. The van der Waals surface area contributed by atoms with Gasteiger partial charge in [0.25, 0.3) is 5.91 Å². The number of hydrogen-bond acceptors (Lipinski definition) is 8. The third kappa shape index (κ3) is 3.96. The molecule has 1 atom stereocenters. The lowest BCUT2D eigenvalue weighted by Crippen LogP contribution is -2.31. The van der Waals surface area contributed by atoms with Crippen molar-refractivity contribution in [2.24, 2.45) is 0 Å². The molecule has 4 rings (SSSR count). The summed E-state index contributed by atoms with van der Waals surface area (Å²) in [5.41, 5.74) is 0.531. The van der Waals surface area contributed by atoms with Crippen LogP contribution in [-0.4, -0.2) is 41.5 Å². The van der Waals surface area contributed by atoms with E-state index in [2.05, 4.69) is 4.98 Å². The lowest BCUT2D eigenvalue weighted by atomic mass is 9.93. The molecule has 1 amide bonds. The Morgan fingerprint density at radius 3 is 2.45 bits per heavy atom. The van der Waals surface area contributed by atoms with Gasteiger partial charge in [-0.05, 0) is 36.8 Å². The molecule has 0 radical (unpaired) electrons. The molecule has 0 bridgehead atoms. The van der Waals surface area contributed by atoms with Gasteiger partial charge in [-0.25, -0.2) is 9.69 Å². The number of benzene rings is 2. The van der Waals surface area contributed by atoms with E-state index in [0.717, 1.165) is 11.2 Å². The summed E-state index contributed by atoms with van der Waals surface area (Å²) in [4.78, 5) is 43.6. The molecule has 0 saturated heterocycles. The normalized spacial score (nSPS) is 15.6. The average molecular weight is 448 g/mol. The molecule has 0 spiro atoms. The highest BCUT2D eigenvalue weighted by molar-refractivity contribution is 6.20. The first kappa shape index (κ1) is 21.8. The lowest BCUT2D eigenvalue weighted by molar-refractivity contribution is -0.117. The summed E-state index contributed by atoms with van der Waals surface area (Å²) in [6.45, 7) is 1.78. The van der Waals surface area contributed by atoms with E-state index in [-0.39, 0.29) is 29.5 Å². The number of aliphatic hydroxyl groups excluding tert-OH is 1. The van der Waals surface area contributed by atoms with Crippen LogP contribution in [0.3, 0.4) is 0 Å². The van der Waals surface area contributed by atoms with E-state index >= 15 is 0 Å². The van der Waals surface area contributed by atoms with E-state index in [9.17, 15) is 19.5 Å². The van der Waals surface area contributed by atoms with Gasteiger partial charge in [-0.1, -0.05) is 30.3 Å². The number of esters is 1. The minimum absolute atomic E-state index is 0.132. The van der Waals surface area contributed by atoms with Crippen LogP contribution in [-0.2, 0) is 9.53 Å². The van der Waals surface area contributed by atoms with Crippen LogP contribution in [0.4, 0.5) is 6.01 Å². The predicted molar refractivity (Wildman–Crippen MR) is 116 cm³/mol. The highest BCUT2D eigenvalue weighted by atomic mass is 16.5. The number of aliphatic hydroxyl groups is 1. The van der Waals surface area contributed by atoms with Crippen molar-refractivity contribution in [3.8, 4) is 5.75 Å². The summed E-state index contributed by atoms with van der Waals surface area (Å²) >= 11 is 0. The van der Waals surface area contributed by atoms with Gasteiger partial charge in [0.15, 0.2) is 17.2 Å². The number of ether oxygens (including phenoxy) is 2. The first-order valence-corrected chi connectivity index (χ1v) is 10.1. The van der Waals surface area contributed by atoms with E-state index < -0.39 is 29.5 Å².